The van der Waals surface area contributed by atoms with Gasteiger partial charge in [-0.3, -0.25) is 10.0 Å². The maximum absolute atomic E-state index is 13.3. The number of nitrogens with zero attached hydrogens (tertiary/aromatic N) is 2. The van der Waals surface area contributed by atoms with Crippen LogP contribution < -0.4 is 15.1 Å². The van der Waals surface area contributed by atoms with Crippen molar-refractivity contribution in [2.45, 2.75) is 23.8 Å². The highest BCUT2D eigenvalue weighted by molar-refractivity contribution is 7.89. The van der Waals surface area contributed by atoms with Gasteiger partial charge in [-0.2, -0.15) is 4.31 Å². The lowest BCUT2D eigenvalue weighted by molar-refractivity contribution is 0.0703. The van der Waals surface area contributed by atoms with Crippen LogP contribution in [-0.2, 0) is 10.0 Å². The molecule has 0 bridgehead atoms. The number of amides is 1. The fraction of sp³-hybridized carbons (Fsp3) is 0.350. The number of para-hydroxylation sites is 1. The number of carbonyl (C=O) groups is 1. The Morgan fingerprint density at radius 3 is 2.34 bits per heavy atom. The Morgan fingerprint density at radius 2 is 1.76 bits per heavy atom. The van der Waals surface area contributed by atoms with Crippen molar-refractivity contribution in [3.05, 3.63) is 54.1 Å². The number of hydrogen-bond donors (Lipinski definition) is 2. The first-order chi connectivity index (χ1) is 13.8. The van der Waals surface area contributed by atoms with E-state index in [1.807, 2.05) is 30.3 Å². The highest BCUT2D eigenvalue weighted by atomic mass is 32.2. The van der Waals surface area contributed by atoms with Crippen LogP contribution in [0.5, 0.6) is 5.75 Å². The molecule has 9 heteroatoms. The van der Waals surface area contributed by atoms with Gasteiger partial charge in [-0.15, -0.1) is 0 Å². The molecule has 156 valence electrons. The summed E-state index contributed by atoms with van der Waals surface area (Å²) in [5, 5.41) is 9.13. The Morgan fingerprint density at radius 1 is 1.10 bits per heavy atom. The molecule has 29 heavy (non-hydrogen) atoms. The quantitative estimate of drug-likeness (QED) is 0.550. The van der Waals surface area contributed by atoms with Gasteiger partial charge in [-0.05, 0) is 37.1 Å². The van der Waals surface area contributed by atoms with Crippen molar-refractivity contribution >= 4 is 21.6 Å². The molecule has 2 N–H and O–H groups in total. The maximum Gasteiger partial charge on any atom is 0.278 e. The summed E-state index contributed by atoms with van der Waals surface area (Å²) in [5.74, 6) is -0.107. The number of piperidine rings is 1. The van der Waals surface area contributed by atoms with E-state index < -0.39 is 15.9 Å². The largest absolute Gasteiger partial charge is 0.490 e. The Labute approximate surface area is 170 Å². The van der Waals surface area contributed by atoms with E-state index in [0.29, 0.717) is 18.5 Å². The maximum atomic E-state index is 13.3. The van der Waals surface area contributed by atoms with E-state index in [0.717, 1.165) is 5.75 Å². The second-order valence-corrected chi connectivity index (χ2v) is 8.93. The first-order valence-corrected chi connectivity index (χ1v) is 10.7. The van der Waals surface area contributed by atoms with Gasteiger partial charge >= 0.3 is 0 Å². The summed E-state index contributed by atoms with van der Waals surface area (Å²) in [6.45, 7) is 0.568. The minimum atomic E-state index is -3.92. The van der Waals surface area contributed by atoms with E-state index in [2.05, 4.69) is 0 Å². The van der Waals surface area contributed by atoms with Crippen LogP contribution in [0.3, 0.4) is 0 Å². The van der Waals surface area contributed by atoms with E-state index in [-0.39, 0.29) is 29.7 Å². The summed E-state index contributed by atoms with van der Waals surface area (Å²) in [6, 6.07) is 14.0. The first kappa shape index (κ1) is 21.1. The predicted octanol–water partition coefficient (Wildman–Crippen LogP) is 2.10. The van der Waals surface area contributed by atoms with Gasteiger partial charge in [0.2, 0.25) is 10.0 Å². The van der Waals surface area contributed by atoms with Crippen LogP contribution in [0.4, 0.5) is 5.69 Å². The minimum Gasteiger partial charge on any atom is -0.490 e. The van der Waals surface area contributed by atoms with Crippen LogP contribution in [0.2, 0.25) is 0 Å². The molecule has 1 fully saturated rings. The molecule has 2 aromatic carbocycles. The summed E-state index contributed by atoms with van der Waals surface area (Å²) < 4.78 is 33.8. The molecule has 0 aliphatic carbocycles. The fourth-order valence-electron chi connectivity index (χ4n) is 3.41. The number of ether oxygens (including phenoxy) is 1. The molecule has 0 unspecified atom stereocenters. The summed E-state index contributed by atoms with van der Waals surface area (Å²) in [4.78, 5) is 13.8. The van der Waals surface area contributed by atoms with Crippen LogP contribution in [0, 0.1) is 0 Å². The summed E-state index contributed by atoms with van der Waals surface area (Å²) in [7, 11) is -0.520. The van der Waals surface area contributed by atoms with E-state index in [4.69, 9.17) is 9.94 Å². The predicted molar refractivity (Wildman–Crippen MR) is 109 cm³/mol. The van der Waals surface area contributed by atoms with Gasteiger partial charge in [0, 0.05) is 27.2 Å². The van der Waals surface area contributed by atoms with E-state index in [9.17, 15) is 13.2 Å². The van der Waals surface area contributed by atoms with Crippen molar-refractivity contribution in [2.24, 2.45) is 0 Å². The zero-order chi connectivity index (χ0) is 21.0. The third-order valence-electron chi connectivity index (χ3n) is 4.88. The first-order valence-electron chi connectivity index (χ1n) is 9.31. The lowest BCUT2D eigenvalue weighted by Gasteiger charge is -2.32. The normalized spacial score (nSPS) is 15.7. The van der Waals surface area contributed by atoms with Crippen molar-refractivity contribution in [1.29, 1.82) is 0 Å². The van der Waals surface area contributed by atoms with Gasteiger partial charge in [-0.25, -0.2) is 13.9 Å². The molecule has 3 rings (SSSR count). The fourth-order valence-corrected chi connectivity index (χ4v) is 5.09. The molecule has 1 amide bonds. The number of hydroxylamine groups is 1. The average molecular weight is 420 g/mol. The van der Waals surface area contributed by atoms with Gasteiger partial charge < -0.3 is 9.64 Å². The molecule has 1 aliphatic heterocycles. The standard InChI is InChI=1S/C20H25N3O5S/c1-22(2)17-9-6-10-18(19(17)20(24)21-25)29(26,27)23-13-11-16(12-14-23)28-15-7-4-3-5-8-15/h3-10,16,25H,11-14H2,1-2H3,(H,21,24). The van der Waals surface area contributed by atoms with Crippen molar-refractivity contribution < 1.29 is 23.2 Å². The molecular weight excluding hydrogens is 394 g/mol. The number of sulfonamides is 1. The molecule has 0 aromatic heterocycles. The third-order valence-corrected chi connectivity index (χ3v) is 6.82. The zero-order valence-corrected chi connectivity index (χ0v) is 17.2. The Kier molecular flexibility index (Phi) is 6.41. The van der Waals surface area contributed by atoms with E-state index in [1.54, 1.807) is 36.6 Å². The molecule has 0 saturated carbocycles. The molecule has 0 atom stereocenters. The second-order valence-electron chi connectivity index (χ2n) is 7.02. The zero-order valence-electron chi connectivity index (χ0n) is 16.4. The van der Waals surface area contributed by atoms with Gasteiger partial charge in [0.15, 0.2) is 0 Å². The molecule has 1 saturated heterocycles. The molecular formula is C20H25N3O5S. The highest BCUT2D eigenvalue weighted by Crippen LogP contribution is 2.30. The minimum absolute atomic E-state index is 0.0721. The molecule has 1 heterocycles. The third kappa shape index (κ3) is 4.52. The number of benzene rings is 2. The summed E-state index contributed by atoms with van der Waals surface area (Å²) >= 11 is 0. The number of nitrogens with one attached hydrogen (secondary N) is 1. The van der Waals surface area contributed by atoms with Crippen LogP contribution in [0.25, 0.3) is 0 Å². The monoisotopic (exact) mass is 419 g/mol. The average Bonchev–Trinajstić information content (AvgIpc) is 2.73. The Bertz CT molecular complexity index is 955. The molecule has 1 aliphatic rings. The summed E-state index contributed by atoms with van der Waals surface area (Å²) in [6.07, 6.45) is 1.02. The van der Waals surface area contributed by atoms with Crippen molar-refractivity contribution in [2.75, 3.05) is 32.1 Å². The highest BCUT2D eigenvalue weighted by Gasteiger charge is 2.34. The van der Waals surface area contributed by atoms with Crippen LogP contribution in [0.15, 0.2) is 53.4 Å². The van der Waals surface area contributed by atoms with Crippen molar-refractivity contribution in [3.8, 4) is 5.75 Å². The van der Waals surface area contributed by atoms with E-state index in [1.165, 1.54) is 10.4 Å². The molecule has 2 aromatic rings. The number of rotatable bonds is 6. The van der Waals surface area contributed by atoms with Crippen LogP contribution in [0.1, 0.15) is 23.2 Å². The molecule has 0 radical (unpaired) electrons. The topological polar surface area (TPSA) is 99.2 Å². The Hall–Kier alpha value is -2.62. The van der Waals surface area contributed by atoms with Gasteiger partial charge in [0.05, 0.1) is 16.1 Å². The molecule has 0 spiro atoms. The Balaban J connectivity index is 1.82. The van der Waals surface area contributed by atoms with E-state index >= 15 is 0 Å². The van der Waals surface area contributed by atoms with Gasteiger partial charge in [0.25, 0.3) is 5.91 Å². The summed E-state index contributed by atoms with van der Waals surface area (Å²) in [5.41, 5.74) is 1.88. The SMILES string of the molecule is CN(C)c1cccc(S(=O)(=O)N2CCC(Oc3ccccc3)CC2)c1C(=O)NO. The van der Waals surface area contributed by atoms with Crippen LogP contribution in [-0.4, -0.2) is 57.1 Å². The number of anilines is 1. The van der Waals surface area contributed by atoms with Crippen LogP contribution >= 0.6 is 0 Å². The van der Waals surface area contributed by atoms with Gasteiger partial charge in [-0.1, -0.05) is 24.3 Å². The number of hydrogen-bond acceptors (Lipinski definition) is 6. The second kappa shape index (κ2) is 8.81. The lowest BCUT2D eigenvalue weighted by Crippen LogP contribution is -2.42. The smallest absolute Gasteiger partial charge is 0.278 e. The van der Waals surface area contributed by atoms with Crippen molar-refractivity contribution in [1.82, 2.24) is 9.79 Å². The molecule has 8 nitrogen and oxygen atoms in total. The van der Waals surface area contributed by atoms with Crippen molar-refractivity contribution in [3.63, 3.8) is 0 Å². The lowest BCUT2D eigenvalue weighted by atomic mass is 10.1. The van der Waals surface area contributed by atoms with Gasteiger partial charge in [0.1, 0.15) is 11.9 Å². The number of carbonyl (C=O) groups excluding carboxylic acids is 1.